The largest absolute Gasteiger partial charge is 0.457 e. The van der Waals surface area contributed by atoms with Crippen molar-refractivity contribution in [2.75, 3.05) is 0 Å². The number of benzene rings is 1. The fourth-order valence-electron chi connectivity index (χ4n) is 2.85. The number of nitrogens with zero attached hydrogens (tertiary/aromatic N) is 3. The number of pyridine rings is 1. The number of rotatable bonds is 3. The number of carbonyl (C=O) groups excluding carboxylic acids is 1. The highest BCUT2D eigenvalue weighted by atomic mass is 35.5. The highest BCUT2D eigenvalue weighted by molar-refractivity contribution is 7.20. The molecule has 0 atom stereocenters. The number of esters is 1. The minimum atomic E-state index is -0.512. The molecule has 0 bridgehead atoms. The summed E-state index contributed by atoms with van der Waals surface area (Å²) in [4.78, 5) is 34.3. The van der Waals surface area contributed by atoms with Crippen molar-refractivity contribution in [3.8, 4) is 0 Å². The molecule has 8 heteroatoms. The van der Waals surface area contributed by atoms with E-state index in [4.69, 9.17) is 16.3 Å². The van der Waals surface area contributed by atoms with Crippen LogP contribution in [0.1, 0.15) is 20.8 Å². The zero-order valence-corrected chi connectivity index (χ0v) is 16.1. The first-order valence-corrected chi connectivity index (χ1v) is 9.31. The molecule has 0 aliphatic rings. The van der Waals surface area contributed by atoms with E-state index in [1.165, 1.54) is 10.9 Å². The van der Waals surface area contributed by atoms with Crippen molar-refractivity contribution < 1.29 is 9.53 Å². The lowest BCUT2D eigenvalue weighted by Gasteiger charge is -2.07. The van der Waals surface area contributed by atoms with Gasteiger partial charge >= 0.3 is 5.97 Å². The lowest BCUT2D eigenvalue weighted by molar-refractivity contribution is 0.0478. The molecule has 0 amide bonds. The van der Waals surface area contributed by atoms with Gasteiger partial charge < -0.3 is 9.30 Å². The van der Waals surface area contributed by atoms with Crippen molar-refractivity contribution in [2.24, 2.45) is 7.05 Å². The highest BCUT2D eigenvalue weighted by Crippen LogP contribution is 2.28. The second kappa shape index (κ2) is 6.75. The van der Waals surface area contributed by atoms with Crippen LogP contribution >= 0.6 is 22.9 Å². The smallest absolute Gasteiger partial charge is 0.349 e. The Bertz CT molecular complexity index is 1260. The third-order valence-electron chi connectivity index (χ3n) is 4.30. The van der Waals surface area contributed by atoms with Crippen LogP contribution in [0.5, 0.6) is 0 Å². The van der Waals surface area contributed by atoms with Crippen LogP contribution in [0.15, 0.2) is 41.5 Å². The van der Waals surface area contributed by atoms with E-state index < -0.39 is 5.97 Å². The van der Waals surface area contributed by atoms with E-state index in [-0.39, 0.29) is 12.2 Å². The second-order valence-corrected chi connectivity index (χ2v) is 7.46. The van der Waals surface area contributed by atoms with Crippen molar-refractivity contribution >= 4 is 50.0 Å². The molecular weight excluding hydrogens is 386 g/mol. The molecule has 4 rings (SSSR count). The summed E-state index contributed by atoms with van der Waals surface area (Å²) in [7, 11) is 1.62. The Morgan fingerprint density at radius 3 is 2.93 bits per heavy atom. The summed E-state index contributed by atoms with van der Waals surface area (Å²) in [5, 5.41) is 1.66. The Morgan fingerprint density at radius 2 is 2.11 bits per heavy atom. The Balaban J connectivity index is 1.63. The number of para-hydroxylation sites is 1. The van der Waals surface area contributed by atoms with Crippen LogP contribution in [0.3, 0.4) is 0 Å². The van der Waals surface area contributed by atoms with E-state index >= 15 is 0 Å². The second-order valence-electron chi connectivity index (χ2n) is 6.10. The van der Waals surface area contributed by atoms with E-state index in [0.717, 1.165) is 22.2 Å². The maximum atomic E-state index is 12.6. The Labute approximate surface area is 163 Å². The summed E-state index contributed by atoms with van der Waals surface area (Å²) >= 11 is 7.36. The molecule has 0 radical (unpaired) electrons. The number of aryl methyl sites for hydroxylation is 2. The zero-order valence-electron chi connectivity index (χ0n) is 14.5. The van der Waals surface area contributed by atoms with Gasteiger partial charge in [0.05, 0.1) is 17.2 Å². The summed E-state index contributed by atoms with van der Waals surface area (Å²) in [6, 6.07) is 9.43. The van der Waals surface area contributed by atoms with Gasteiger partial charge in [0.2, 0.25) is 0 Å². The lowest BCUT2D eigenvalue weighted by atomic mass is 10.2. The van der Waals surface area contributed by atoms with Gasteiger partial charge in [-0.1, -0.05) is 29.8 Å². The molecule has 4 aromatic rings. The number of aromatic nitrogens is 3. The van der Waals surface area contributed by atoms with Crippen molar-refractivity contribution in [3.63, 3.8) is 0 Å². The van der Waals surface area contributed by atoms with Crippen molar-refractivity contribution in [3.05, 3.63) is 68.2 Å². The molecule has 0 saturated carbocycles. The predicted molar refractivity (Wildman–Crippen MR) is 105 cm³/mol. The molecule has 0 N–H and O–H groups in total. The van der Waals surface area contributed by atoms with Gasteiger partial charge in [0.1, 0.15) is 21.5 Å². The van der Waals surface area contributed by atoms with Gasteiger partial charge in [-0.3, -0.25) is 4.79 Å². The SMILES string of the molecule is Cc1c(C(=O)OCc2cc3ccccc3nc2Cl)sc2ncn(C)c(=O)c12. The average Bonchev–Trinajstić information content (AvgIpc) is 3.00. The molecule has 3 heterocycles. The predicted octanol–water partition coefficient (Wildman–Crippen LogP) is 3.86. The van der Waals surface area contributed by atoms with Crippen LogP contribution in [0.25, 0.3) is 21.1 Å². The summed E-state index contributed by atoms with van der Waals surface area (Å²) in [5.74, 6) is -0.512. The van der Waals surface area contributed by atoms with E-state index in [1.54, 1.807) is 14.0 Å². The molecule has 0 spiro atoms. The van der Waals surface area contributed by atoms with Gasteiger partial charge in [-0.2, -0.15) is 0 Å². The monoisotopic (exact) mass is 399 g/mol. The molecule has 0 saturated heterocycles. The van der Waals surface area contributed by atoms with Crippen LogP contribution < -0.4 is 5.56 Å². The standard InChI is InChI=1S/C19H14ClN3O3S/c1-10-14-17(21-9-23(2)18(14)24)27-15(10)19(25)26-8-12-7-11-5-3-4-6-13(11)22-16(12)20/h3-7,9H,8H2,1-2H3. The molecule has 6 nitrogen and oxygen atoms in total. The number of hydrogen-bond donors (Lipinski definition) is 0. The normalized spacial score (nSPS) is 11.2. The van der Waals surface area contributed by atoms with E-state index in [2.05, 4.69) is 9.97 Å². The van der Waals surface area contributed by atoms with Gasteiger partial charge in [-0.25, -0.2) is 14.8 Å². The number of thiophene rings is 1. The van der Waals surface area contributed by atoms with Crippen LogP contribution in [-0.4, -0.2) is 20.5 Å². The zero-order chi connectivity index (χ0) is 19.1. The first kappa shape index (κ1) is 17.6. The highest BCUT2D eigenvalue weighted by Gasteiger charge is 2.20. The topological polar surface area (TPSA) is 74.1 Å². The van der Waals surface area contributed by atoms with Crippen molar-refractivity contribution in [1.29, 1.82) is 0 Å². The molecule has 0 aliphatic heterocycles. The number of fused-ring (bicyclic) bond motifs is 2. The van der Waals surface area contributed by atoms with E-state index in [0.29, 0.717) is 31.4 Å². The van der Waals surface area contributed by atoms with Crippen LogP contribution in [0.2, 0.25) is 5.15 Å². The summed E-state index contributed by atoms with van der Waals surface area (Å²) in [6.45, 7) is 1.72. The molecule has 1 aromatic carbocycles. The number of halogens is 1. The van der Waals surface area contributed by atoms with Gasteiger partial charge in [-0.15, -0.1) is 11.3 Å². The van der Waals surface area contributed by atoms with Crippen LogP contribution in [-0.2, 0) is 18.4 Å². The molecule has 136 valence electrons. The van der Waals surface area contributed by atoms with Crippen molar-refractivity contribution in [2.45, 2.75) is 13.5 Å². The minimum Gasteiger partial charge on any atom is -0.457 e. The summed E-state index contributed by atoms with van der Waals surface area (Å²) in [5.41, 5.74) is 1.79. The first-order valence-electron chi connectivity index (χ1n) is 8.11. The summed E-state index contributed by atoms with van der Waals surface area (Å²) < 4.78 is 6.82. The van der Waals surface area contributed by atoms with Crippen molar-refractivity contribution in [1.82, 2.24) is 14.5 Å². The maximum Gasteiger partial charge on any atom is 0.349 e. The van der Waals surface area contributed by atoms with Gasteiger partial charge in [0.25, 0.3) is 5.56 Å². The fourth-order valence-corrected chi connectivity index (χ4v) is 4.08. The van der Waals surface area contributed by atoms with E-state index in [9.17, 15) is 9.59 Å². The average molecular weight is 400 g/mol. The number of hydrogen-bond acceptors (Lipinski definition) is 6. The molecule has 0 fully saturated rings. The third-order valence-corrected chi connectivity index (χ3v) is 5.81. The molecule has 0 aliphatic carbocycles. The first-order chi connectivity index (χ1) is 13.0. The Hall–Kier alpha value is -2.77. The Morgan fingerprint density at radius 1 is 1.33 bits per heavy atom. The fraction of sp³-hybridized carbons (Fsp3) is 0.158. The summed E-state index contributed by atoms with van der Waals surface area (Å²) in [6.07, 6.45) is 1.44. The number of carbonyl (C=O) groups is 1. The van der Waals surface area contributed by atoms with Gasteiger partial charge in [0.15, 0.2) is 0 Å². The Kier molecular flexibility index (Phi) is 4.41. The third kappa shape index (κ3) is 3.09. The minimum absolute atomic E-state index is 0.00533. The van der Waals surface area contributed by atoms with Gasteiger partial charge in [0, 0.05) is 18.0 Å². The quantitative estimate of drug-likeness (QED) is 0.386. The molecule has 3 aromatic heterocycles. The van der Waals surface area contributed by atoms with E-state index in [1.807, 2.05) is 30.3 Å². The van der Waals surface area contributed by atoms with Crippen LogP contribution in [0.4, 0.5) is 0 Å². The molecule has 0 unspecified atom stereocenters. The number of ether oxygens (including phenoxy) is 1. The lowest BCUT2D eigenvalue weighted by Crippen LogP contribution is -2.16. The van der Waals surface area contributed by atoms with Gasteiger partial charge in [-0.05, 0) is 24.6 Å². The molecular formula is C19H14ClN3O3S. The maximum absolute atomic E-state index is 12.6. The molecule has 27 heavy (non-hydrogen) atoms. The van der Waals surface area contributed by atoms with Crippen LogP contribution in [0, 0.1) is 6.92 Å².